The fraction of sp³-hybridized carbons (Fsp3) is 1.00. The molecule has 0 aromatic rings. The first-order valence-corrected chi connectivity index (χ1v) is 4.24. The van der Waals surface area contributed by atoms with Crippen LogP contribution in [0.1, 0.15) is 0 Å². The Labute approximate surface area is 48.0 Å². The molecule has 0 rings (SSSR count). The zero-order chi connectivity index (χ0) is 2.71. The lowest BCUT2D eigenvalue weighted by Crippen LogP contribution is -1.53. The molecule has 0 aliphatic rings. The van der Waals surface area contributed by atoms with Gasteiger partial charge in [-0.25, -0.2) is 0 Å². The lowest BCUT2D eigenvalue weighted by molar-refractivity contribution is 2.14. The Kier molecular flexibility index (Phi) is 73.0. The molecule has 0 aliphatic heterocycles. The lowest BCUT2D eigenvalue weighted by atomic mass is 11.9. The summed E-state index contributed by atoms with van der Waals surface area (Å²) in [6.45, 7) is 4.53. The highest BCUT2D eigenvalue weighted by molar-refractivity contribution is 6.31. The van der Waals surface area contributed by atoms with Gasteiger partial charge in [-0.2, -0.15) is 0 Å². The Morgan fingerprint density at radius 1 is 1.00 bits per heavy atom. The molecule has 0 spiro atoms. The minimum absolute atomic E-state index is 0. The van der Waals surface area contributed by atoms with Gasteiger partial charge in [0.15, 0.2) is 0 Å². The van der Waals surface area contributed by atoms with E-state index in [1.165, 1.54) is 0 Å². The van der Waals surface area contributed by atoms with E-state index >= 15 is 0 Å². The molecule has 0 nitrogen and oxygen atoms in total. The van der Waals surface area contributed by atoms with E-state index in [9.17, 15) is 0 Å². The van der Waals surface area contributed by atoms with Gasteiger partial charge >= 0.3 is 0 Å². The number of rotatable bonds is 0. The Bertz CT molecular complexity index is 7.61. The van der Waals surface area contributed by atoms with Crippen LogP contribution >= 0.6 is 24.8 Å². The minimum atomic E-state index is 0. The fourth-order valence-corrected chi connectivity index (χ4v) is 0. The van der Waals surface area contributed by atoms with Gasteiger partial charge in [0.1, 0.15) is 0 Å². The highest BCUT2D eigenvalue weighted by Gasteiger charge is 1.38. The average molecular weight is 133 g/mol. The molecule has 0 amide bonds. The summed E-state index contributed by atoms with van der Waals surface area (Å²) in [7, 11) is 0.417. The van der Waals surface area contributed by atoms with Crippen LogP contribution in [0.2, 0.25) is 13.1 Å². The monoisotopic (exact) mass is 132 g/mol. The highest BCUT2D eigenvalue weighted by atomic mass is 35.5. The molecule has 0 atom stereocenters. The molecule has 0 saturated heterocycles. The largest absolute Gasteiger partial charge is 0.147 e. The zero-order valence-corrected chi connectivity index (χ0v) is 6.57. The van der Waals surface area contributed by atoms with Crippen molar-refractivity contribution in [3.8, 4) is 0 Å². The van der Waals surface area contributed by atoms with Gasteiger partial charge in [0.2, 0.25) is 0 Å². The van der Waals surface area contributed by atoms with Crippen LogP contribution in [0.5, 0.6) is 0 Å². The van der Waals surface area contributed by atoms with Crippen LogP contribution in [0.15, 0.2) is 0 Å². The molecule has 0 radical (unpaired) electrons. The number of hydrogen-bond donors (Lipinski definition) is 0. The van der Waals surface area contributed by atoms with E-state index in [0.717, 1.165) is 0 Å². The van der Waals surface area contributed by atoms with Crippen molar-refractivity contribution < 1.29 is 0 Å². The van der Waals surface area contributed by atoms with Crippen LogP contribution in [0.3, 0.4) is 0 Å². The van der Waals surface area contributed by atoms with Gasteiger partial charge in [-0.1, -0.05) is 13.1 Å². The lowest BCUT2D eigenvalue weighted by Gasteiger charge is -1.45. The maximum atomic E-state index is 2.26. The Balaban J connectivity index is -0.0000000200. The summed E-state index contributed by atoms with van der Waals surface area (Å²) in [4.78, 5) is 0. The predicted molar refractivity (Wildman–Crippen MR) is 34.8 cm³/mol. The van der Waals surface area contributed by atoms with E-state index in [-0.39, 0.29) is 24.8 Å². The standard InChI is InChI=1S/C2H8Si.2ClH/c1-3-2;;/h3H2,1-2H3;2*1H. The smallest absolute Gasteiger partial charge is 0.0135 e. The van der Waals surface area contributed by atoms with Gasteiger partial charge in [0.05, 0.1) is 0 Å². The van der Waals surface area contributed by atoms with Crippen molar-refractivity contribution in [1.29, 1.82) is 0 Å². The van der Waals surface area contributed by atoms with Gasteiger partial charge < -0.3 is 0 Å². The van der Waals surface area contributed by atoms with E-state index < -0.39 is 0 Å². The third-order valence-electron chi connectivity index (χ3n) is 0. The molecule has 0 bridgehead atoms. The molecule has 0 aliphatic carbocycles. The van der Waals surface area contributed by atoms with Gasteiger partial charge in [-0.15, -0.1) is 24.8 Å². The van der Waals surface area contributed by atoms with E-state index in [1.54, 1.807) is 0 Å². The molecule has 0 fully saturated rings. The fourth-order valence-electron chi connectivity index (χ4n) is 0. The quantitative estimate of drug-likeness (QED) is 0.434. The summed E-state index contributed by atoms with van der Waals surface area (Å²) >= 11 is 0. The maximum absolute atomic E-state index is 2.26. The van der Waals surface area contributed by atoms with Crippen molar-refractivity contribution in [1.82, 2.24) is 0 Å². The molecular weight excluding hydrogens is 123 g/mol. The topological polar surface area (TPSA) is 0 Å². The van der Waals surface area contributed by atoms with Gasteiger partial charge in [0, 0.05) is 9.52 Å². The van der Waals surface area contributed by atoms with Crippen LogP contribution in [0.4, 0.5) is 0 Å². The molecule has 0 N–H and O–H groups in total. The van der Waals surface area contributed by atoms with Crippen molar-refractivity contribution >= 4 is 34.3 Å². The van der Waals surface area contributed by atoms with E-state index in [0.29, 0.717) is 9.52 Å². The Morgan fingerprint density at radius 3 is 1.00 bits per heavy atom. The number of hydrogen-bond acceptors (Lipinski definition) is 0. The Morgan fingerprint density at radius 2 is 1.00 bits per heavy atom. The predicted octanol–water partition coefficient (Wildman–Crippen LogP) is 1.09. The van der Waals surface area contributed by atoms with Crippen molar-refractivity contribution in [3.05, 3.63) is 0 Å². The minimum Gasteiger partial charge on any atom is -0.147 e. The van der Waals surface area contributed by atoms with Crippen molar-refractivity contribution in [2.75, 3.05) is 0 Å². The molecule has 0 saturated carbocycles. The van der Waals surface area contributed by atoms with E-state index in [4.69, 9.17) is 0 Å². The second-order valence-corrected chi connectivity index (χ2v) is 2.12. The van der Waals surface area contributed by atoms with Gasteiger partial charge in [0.25, 0.3) is 0 Å². The summed E-state index contributed by atoms with van der Waals surface area (Å²) in [6.07, 6.45) is 0. The van der Waals surface area contributed by atoms with Crippen molar-refractivity contribution in [2.45, 2.75) is 13.1 Å². The molecule has 5 heavy (non-hydrogen) atoms. The molecule has 36 valence electrons. The molecule has 0 aromatic heterocycles. The summed E-state index contributed by atoms with van der Waals surface area (Å²) in [5.74, 6) is 0. The third-order valence-corrected chi connectivity index (χ3v) is 0. The SMILES string of the molecule is C[SiH2]C.Cl.Cl. The zero-order valence-electron chi connectivity index (χ0n) is 3.52. The first-order valence-electron chi connectivity index (χ1n) is 1.41. The molecule has 0 heterocycles. The number of halogens is 2. The summed E-state index contributed by atoms with van der Waals surface area (Å²) < 4.78 is 0. The van der Waals surface area contributed by atoms with Crippen LogP contribution in [-0.2, 0) is 0 Å². The van der Waals surface area contributed by atoms with Crippen LogP contribution in [-0.4, -0.2) is 9.52 Å². The van der Waals surface area contributed by atoms with Crippen LogP contribution in [0.25, 0.3) is 0 Å². The third kappa shape index (κ3) is 59.1. The second-order valence-electron chi connectivity index (χ2n) is 0.707. The van der Waals surface area contributed by atoms with Gasteiger partial charge in [-0.3, -0.25) is 0 Å². The van der Waals surface area contributed by atoms with Crippen LogP contribution < -0.4 is 0 Å². The molecular formula is C2H10Cl2Si. The van der Waals surface area contributed by atoms with E-state index in [2.05, 4.69) is 13.1 Å². The maximum Gasteiger partial charge on any atom is 0.0135 e. The average Bonchev–Trinajstić information content (AvgIpc) is 0.918. The van der Waals surface area contributed by atoms with Gasteiger partial charge in [-0.05, 0) is 0 Å². The van der Waals surface area contributed by atoms with E-state index in [1.807, 2.05) is 0 Å². The second kappa shape index (κ2) is 21.4. The summed E-state index contributed by atoms with van der Waals surface area (Å²) in [5, 5.41) is 0. The normalized spacial score (nSPS) is 3.60. The summed E-state index contributed by atoms with van der Waals surface area (Å²) in [6, 6.07) is 0. The first kappa shape index (κ1) is 17.1. The van der Waals surface area contributed by atoms with Crippen LogP contribution in [0, 0.1) is 0 Å². The van der Waals surface area contributed by atoms with Crippen molar-refractivity contribution in [3.63, 3.8) is 0 Å². The Hall–Kier alpha value is 0.797. The summed E-state index contributed by atoms with van der Waals surface area (Å²) in [5.41, 5.74) is 0. The highest BCUT2D eigenvalue weighted by Crippen LogP contribution is 1.36. The molecule has 3 heteroatoms. The first-order chi connectivity index (χ1) is 1.41. The molecule has 0 aromatic carbocycles. The molecule has 0 unspecified atom stereocenters. The van der Waals surface area contributed by atoms with Crippen molar-refractivity contribution in [2.24, 2.45) is 0 Å².